The monoisotopic (exact) mass is 361 g/mol. The van der Waals surface area contributed by atoms with Crippen LogP contribution in [0.3, 0.4) is 0 Å². The minimum atomic E-state index is -0.767. The van der Waals surface area contributed by atoms with Gasteiger partial charge in [0.25, 0.3) is 0 Å². The fraction of sp³-hybridized carbons (Fsp3) is 0.682. The number of rotatable bonds is 7. The van der Waals surface area contributed by atoms with E-state index in [0.717, 1.165) is 17.4 Å². The molecule has 0 amide bonds. The fourth-order valence-electron chi connectivity index (χ4n) is 3.67. The van der Waals surface area contributed by atoms with Crippen molar-refractivity contribution in [2.75, 3.05) is 11.9 Å². The second-order valence-electron chi connectivity index (χ2n) is 8.66. The van der Waals surface area contributed by atoms with Crippen LogP contribution in [0.5, 0.6) is 5.75 Å². The summed E-state index contributed by atoms with van der Waals surface area (Å²) in [4.78, 5) is 12.0. The highest BCUT2D eigenvalue weighted by atomic mass is 16.5. The van der Waals surface area contributed by atoms with Gasteiger partial charge in [-0.1, -0.05) is 19.8 Å². The number of esters is 1. The SMILES string of the molecule is CCOC(=O)C(C)(C)Nc1ccc(OC(C)(C)[C@H]2CC[C@@H](C)CC2)cc1. The van der Waals surface area contributed by atoms with E-state index in [1.54, 1.807) is 0 Å². The van der Waals surface area contributed by atoms with E-state index in [-0.39, 0.29) is 11.6 Å². The second kappa shape index (κ2) is 8.32. The van der Waals surface area contributed by atoms with Crippen molar-refractivity contribution in [3.63, 3.8) is 0 Å². The number of anilines is 1. The average molecular weight is 362 g/mol. The molecule has 1 aromatic rings. The minimum Gasteiger partial charge on any atom is -0.488 e. The van der Waals surface area contributed by atoms with Crippen LogP contribution in [0.2, 0.25) is 0 Å². The number of ether oxygens (including phenoxy) is 2. The molecule has 0 heterocycles. The van der Waals surface area contributed by atoms with E-state index in [0.29, 0.717) is 12.5 Å². The van der Waals surface area contributed by atoms with E-state index in [1.807, 2.05) is 45.0 Å². The van der Waals surface area contributed by atoms with Crippen LogP contribution < -0.4 is 10.1 Å². The molecule has 0 spiro atoms. The van der Waals surface area contributed by atoms with Crippen molar-refractivity contribution in [2.45, 2.75) is 78.4 Å². The lowest BCUT2D eigenvalue weighted by Gasteiger charge is -2.39. The van der Waals surface area contributed by atoms with E-state index in [1.165, 1.54) is 25.7 Å². The predicted octanol–water partition coefficient (Wildman–Crippen LogP) is 5.42. The largest absolute Gasteiger partial charge is 0.488 e. The fourth-order valence-corrected chi connectivity index (χ4v) is 3.67. The third-order valence-electron chi connectivity index (χ3n) is 5.48. The summed E-state index contributed by atoms with van der Waals surface area (Å²) in [6.45, 7) is 12.6. The van der Waals surface area contributed by atoms with Gasteiger partial charge in [-0.25, -0.2) is 4.79 Å². The van der Waals surface area contributed by atoms with Gasteiger partial charge in [-0.05, 0) is 83.6 Å². The van der Waals surface area contributed by atoms with Gasteiger partial charge >= 0.3 is 5.97 Å². The van der Waals surface area contributed by atoms with E-state index in [4.69, 9.17) is 9.47 Å². The first-order chi connectivity index (χ1) is 12.1. The zero-order chi connectivity index (χ0) is 19.4. The Balaban J connectivity index is 1.97. The molecule has 4 heteroatoms. The molecule has 4 nitrogen and oxygen atoms in total. The van der Waals surface area contributed by atoms with Gasteiger partial charge in [-0.3, -0.25) is 0 Å². The maximum Gasteiger partial charge on any atom is 0.331 e. The molecule has 146 valence electrons. The van der Waals surface area contributed by atoms with Gasteiger partial charge in [0, 0.05) is 5.69 Å². The van der Waals surface area contributed by atoms with Crippen LogP contribution in [0.25, 0.3) is 0 Å². The topological polar surface area (TPSA) is 47.6 Å². The van der Waals surface area contributed by atoms with Crippen LogP contribution in [-0.4, -0.2) is 23.7 Å². The summed E-state index contributed by atoms with van der Waals surface area (Å²) < 4.78 is 11.4. The highest BCUT2D eigenvalue weighted by Gasteiger charge is 2.34. The molecule has 1 aliphatic rings. The molecule has 0 radical (unpaired) electrons. The smallest absolute Gasteiger partial charge is 0.331 e. The van der Waals surface area contributed by atoms with Gasteiger partial charge in [0.05, 0.1) is 6.61 Å². The van der Waals surface area contributed by atoms with Crippen LogP contribution in [0.1, 0.15) is 67.2 Å². The molecule has 0 unspecified atom stereocenters. The summed E-state index contributed by atoms with van der Waals surface area (Å²) in [6, 6.07) is 7.85. The Kier molecular flexibility index (Phi) is 6.59. The Bertz CT molecular complexity index is 584. The van der Waals surface area contributed by atoms with Gasteiger partial charge < -0.3 is 14.8 Å². The zero-order valence-electron chi connectivity index (χ0n) is 17.2. The molecule has 0 aliphatic heterocycles. The summed E-state index contributed by atoms with van der Waals surface area (Å²) >= 11 is 0. The van der Waals surface area contributed by atoms with Crippen molar-refractivity contribution in [1.82, 2.24) is 0 Å². The molecule has 0 atom stereocenters. The number of hydrogen-bond acceptors (Lipinski definition) is 4. The van der Waals surface area contributed by atoms with E-state index >= 15 is 0 Å². The Hall–Kier alpha value is -1.71. The van der Waals surface area contributed by atoms with Crippen LogP contribution in [0, 0.1) is 11.8 Å². The van der Waals surface area contributed by atoms with Gasteiger partial charge in [-0.15, -0.1) is 0 Å². The lowest BCUT2D eigenvalue weighted by Crippen LogP contribution is -2.41. The van der Waals surface area contributed by atoms with Gasteiger partial charge in [0.1, 0.15) is 16.9 Å². The number of benzene rings is 1. The number of carbonyl (C=O) groups is 1. The number of nitrogens with one attached hydrogen (secondary N) is 1. The molecule has 26 heavy (non-hydrogen) atoms. The molecule has 1 saturated carbocycles. The number of carbonyl (C=O) groups excluding carboxylic acids is 1. The van der Waals surface area contributed by atoms with Crippen LogP contribution in [0.4, 0.5) is 5.69 Å². The third kappa shape index (κ3) is 5.39. The predicted molar refractivity (Wildman–Crippen MR) is 107 cm³/mol. The first kappa shape index (κ1) is 20.6. The molecule has 1 fully saturated rings. The van der Waals surface area contributed by atoms with Crippen LogP contribution in [0.15, 0.2) is 24.3 Å². The van der Waals surface area contributed by atoms with Gasteiger partial charge in [0.15, 0.2) is 0 Å². The van der Waals surface area contributed by atoms with E-state index < -0.39 is 5.54 Å². The van der Waals surface area contributed by atoms with Gasteiger partial charge in [-0.2, -0.15) is 0 Å². The average Bonchev–Trinajstić information content (AvgIpc) is 2.57. The lowest BCUT2D eigenvalue weighted by molar-refractivity contribution is -0.147. The summed E-state index contributed by atoms with van der Waals surface area (Å²) in [7, 11) is 0. The van der Waals surface area contributed by atoms with Crippen molar-refractivity contribution in [3.8, 4) is 5.75 Å². The molecule has 0 aromatic heterocycles. The summed E-state index contributed by atoms with van der Waals surface area (Å²) in [5.74, 6) is 2.05. The molecular formula is C22H35NO3. The molecule has 2 rings (SSSR count). The molecule has 1 aromatic carbocycles. The van der Waals surface area contributed by atoms with Crippen molar-refractivity contribution >= 4 is 11.7 Å². The maximum atomic E-state index is 12.0. The zero-order valence-corrected chi connectivity index (χ0v) is 17.2. The number of hydrogen-bond donors (Lipinski definition) is 1. The lowest BCUT2D eigenvalue weighted by atomic mass is 9.75. The molecule has 0 bridgehead atoms. The van der Waals surface area contributed by atoms with Crippen LogP contribution >= 0.6 is 0 Å². The third-order valence-corrected chi connectivity index (χ3v) is 5.48. The summed E-state index contributed by atoms with van der Waals surface area (Å²) in [6.07, 6.45) is 5.07. The highest BCUT2D eigenvalue weighted by Crippen LogP contribution is 2.37. The Morgan fingerprint density at radius 1 is 1.08 bits per heavy atom. The molecule has 1 aliphatic carbocycles. The van der Waals surface area contributed by atoms with Crippen molar-refractivity contribution in [1.29, 1.82) is 0 Å². The van der Waals surface area contributed by atoms with Crippen molar-refractivity contribution in [2.24, 2.45) is 11.8 Å². The summed E-state index contributed by atoms with van der Waals surface area (Å²) in [5, 5.41) is 3.23. The van der Waals surface area contributed by atoms with Crippen LogP contribution in [-0.2, 0) is 9.53 Å². The molecule has 1 N–H and O–H groups in total. The van der Waals surface area contributed by atoms with E-state index in [2.05, 4.69) is 26.1 Å². The Morgan fingerprint density at radius 2 is 1.65 bits per heavy atom. The Morgan fingerprint density at radius 3 is 2.19 bits per heavy atom. The second-order valence-corrected chi connectivity index (χ2v) is 8.66. The van der Waals surface area contributed by atoms with Crippen molar-refractivity contribution < 1.29 is 14.3 Å². The minimum absolute atomic E-state index is 0.167. The first-order valence-corrected chi connectivity index (χ1v) is 9.88. The normalized spacial score (nSPS) is 21.2. The molecule has 0 saturated heterocycles. The van der Waals surface area contributed by atoms with E-state index in [9.17, 15) is 4.79 Å². The van der Waals surface area contributed by atoms with Gasteiger partial charge in [0.2, 0.25) is 0 Å². The summed E-state index contributed by atoms with van der Waals surface area (Å²) in [5.41, 5.74) is -0.0601. The Labute approximate surface area is 158 Å². The first-order valence-electron chi connectivity index (χ1n) is 9.88. The van der Waals surface area contributed by atoms with Crippen molar-refractivity contribution in [3.05, 3.63) is 24.3 Å². The highest BCUT2D eigenvalue weighted by molar-refractivity contribution is 5.83. The quantitative estimate of drug-likeness (QED) is 0.658. The maximum absolute atomic E-state index is 12.0. The molecular weight excluding hydrogens is 326 g/mol. The standard InChI is InChI=1S/C22H35NO3/c1-7-25-20(24)21(3,4)23-18-12-14-19(15-13-18)26-22(5,6)17-10-8-16(2)9-11-17/h12-17,23H,7-11H2,1-6H3/t16-,17+.